The standard InChI is InChI=1S/C28H53N2/c1-3-5-7-9-11-12-13-15-17-19-22-27(21-18-16-14-10-8-6-4-2)23-20-24-28-29-25-26-30-28/h25-27H,3-24H2,1-2H3/q+1. The Kier molecular flexibility index (Phi) is 19.5. The Bertz CT molecular complexity index is 389. The van der Waals surface area contributed by atoms with Crippen molar-refractivity contribution >= 4 is 12.4 Å². The van der Waals surface area contributed by atoms with Crippen LogP contribution in [0.4, 0.5) is 0 Å². The molecular formula is C28H53N2+. The van der Waals surface area contributed by atoms with E-state index in [9.17, 15) is 0 Å². The largest absolute Gasteiger partial charge is 0.240 e. The van der Waals surface area contributed by atoms with Crippen molar-refractivity contribution in [1.82, 2.24) is 0 Å². The van der Waals surface area contributed by atoms with E-state index in [2.05, 4.69) is 23.8 Å². The van der Waals surface area contributed by atoms with Crippen LogP contribution in [0.3, 0.4) is 0 Å². The van der Waals surface area contributed by atoms with Gasteiger partial charge in [0.15, 0.2) is 12.4 Å². The smallest absolute Gasteiger partial charge is 0.0968 e. The molecule has 0 fully saturated rings. The Balaban J connectivity index is 2.07. The minimum absolute atomic E-state index is 0.935. The van der Waals surface area contributed by atoms with Gasteiger partial charge < -0.3 is 0 Å². The van der Waals surface area contributed by atoms with Crippen molar-refractivity contribution in [2.45, 2.75) is 155 Å². The van der Waals surface area contributed by atoms with Crippen molar-refractivity contribution in [1.29, 1.82) is 0 Å². The number of aliphatic imine (C=N–C) groups is 2. The van der Waals surface area contributed by atoms with Gasteiger partial charge in [-0.3, -0.25) is 0 Å². The molecule has 0 N–H and O–H groups in total. The van der Waals surface area contributed by atoms with Gasteiger partial charge in [0.25, 0.3) is 0 Å². The lowest BCUT2D eigenvalue weighted by Gasteiger charge is -2.17. The second-order valence-corrected chi connectivity index (χ2v) is 9.61. The summed E-state index contributed by atoms with van der Waals surface area (Å²) in [5.74, 6) is 0.935. The highest BCUT2D eigenvalue weighted by Gasteiger charge is 2.16. The molecule has 1 aliphatic heterocycles. The molecule has 0 saturated heterocycles. The Morgan fingerprint density at radius 3 is 1.30 bits per heavy atom. The van der Waals surface area contributed by atoms with Gasteiger partial charge in [-0.05, 0) is 18.8 Å². The second kappa shape index (κ2) is 21.4. The minimum atomic E-state index is 0.935. The molecule has 0 aromatic rings. The fourth-order valence-electron chi connectivity index (χ4n) is 4.69. The molecule has 1 aliphatic rings. The highest BCUT2D eigenvalue weighted by Crippen LogP contribution is 2.26. The lowest BCUT2D eigenvalue weighted by Crippen LogP contribution is -2.02. The molecule has 0 amide bonds. The average molecular weight is 418 g/mol. The van der Waals surface area contributed by atoms with E-state index in [1.165, 1.54) is 135 Å². The van der Waals surface area contributed by atoms with E-state index in [1.54, 1.807) is 0 Å². The van der Waals surface area contributed by atoms with Crippen LogP contribution in [-0.2, 0) is 0 Å². The molecule has 0 aromatic heterocycles. The first kappa shape index (κ1) is 27.2. The summed E-state index contributed by atoms with van der Waals surface area (Å²) in [6, 6.07) is 0. The Hall–Kier alpha value is -0.790. The molecule has 0 aliphatic carbocycles. The monoisotopic (exact) mass is 417 g/mol. The Morgan fingerprint density at radius 1 is 0.500 bits per heavy atom. The van der Waals surface area contributed by atoms with Crippen LogP contribution in [0.2, 0.25) is 0 Å². The molecule has 1 unspecified atom stereocenters. The molecule has 30 heavy (non-hydrogen) atoms. The number of nitrogens with zero attached hydrogens (tertiary/aromatic N) is 2. The summed E-state index contributed by atoms with van der Waals surface area (Å²) in [7, 11) is 0. The number of hydrogen-bond donors (Lipinski definition) is 0. The molecule has 0 bridgehead atoms. The van der Waals surface area contributed by atoms with E-state index in [0.717, 1.165) is 18.5 Å². The van der Waals surface area contributed by atoms with E-state index >= 15 is 0 Å². The Morgan fingerprint density at radius 2 is 0.867 bits per heavy atom. The summed E-state index contributed by atoms with van der Waals surface area (Å²) >= 11 is 0. The van der Waals surface area contributed by atoms with Crippen molar-refractivity contribution in [3.05, 3.63) is 6.17 Å². The summed E-state index contributed by atoms with van der Waals surface area (Å²) in [6.07, 6.45) is 35.8. The van der Waals surface area contributed by atoms with Crippen LogP contribution in [0.25, 0.3) is 0 Å². The van der Waals surface area contributed by atoms with Crippen LogP contribution in [0, 0.1) is 12.1 Å². The molecule has 174 valence electrons. The van der Waals surface area contributed by atoms with Gasteiger partial charge in [0, 0.05) is 0 Å². The predicted octanol–water partition coefficient (Wildman–Crippen LogP) is 9.87. The van der Waals surface area contributed by atoms with Gasteiger partial charge in [-0.15, -0.1) is 0 Å². The molecule has 0 spiro atoms. The normalized spacial score (nSPS) is 14.1. The van der Waals surface area contributed by atoms with Gasteiger partial charge in [0.05, 0.1) is 6.42 Å². The van der Waals surface area contributed by atoms with Gasteiger partial charge in [0.2, 0.25) is 6.17 Å². The molecule has 2 heteroatoms. The van der Waals surface area contributed by atoms with Crippen LogP contribution < -0.4 is 0 Å². The first-order chi connectivity index (χ1) is 14.9. The summed E-state index contributed by atoms with van der Waals surface area (Å²) in [5, 5.41) is 0. The highest BCUT2D eigenvalue weighted by molar-refractivity contribution is 6.18. The minimum Gasteiger partial charge on any atom is -0.0968 e. The van der Waals surface area contributed by atoms with Crippen LogP contribution in [0.1, 0.15) is 155 Å². The van der Waals surface area contributed by atoms with Gasteiger partial charge in [-0.2, -0.15) is 0 Å². The molecule has 1 rings (SSSR count). The number of hydrogen-bond acceptors (Lipinski definition) is 2. The van der Waals surface area contributed by atoms with Crippen molar-refractivity contribution < 1.29 is 0 Å². The van der Waals surface area contributed by atoms with Crippen LogP contribution >= 0.6 is 0 Å². The molecule has 1 heterocycles. The third kappa shape index (κ3) is 16.9. The maximum atomic E-state index is 4.34. The molecule has 0 radical (unpaired) electrons. The first-order valence-electron chi connectivity index (χ1n) is 13.8. The zero-order chi connectivity index (χ0) is 21.5. The van der Waals surface area contributed by atoms with Crippen LogP contribution in [-0.4, -0.2) is 12.4 Å². The van der Waals surface area contributed by atoms with E-state index in [-0.39, 0.29) is 0 Å². The first-order valence-corrected chi connectivity index (χ1v) is 13.8. The van der Waals surface area contributed by atoms with E-state index in [1.807, 2.05) is 12.4 Å². The van der Waals surface area contributed by atoms with Gasteiger partial charge in [0.1, 0.15) is 0 Å². The van der Waals surface area contributed by atoms with E-state index in [0.29, 0.717) is 0 Å². The second-order valence-electron chi connectivity index (χ2n) is 9.61. The third-order valence-electron chi connectivity index (χ3n) is 6.71. The van der Waals surface area contributed by atoms with Crippen molar-refractivity contribution in [3.63, 3.8) is 0 Å². The van der Waals surface area contributed by atoms with Gasteiger partial charge in [-0.25, -0.2) is 0 Å². The zero-order valence-corrected chi connectivity index (χ0v) is 20.7. The van der Waals surface area contributed by atoms with Crippen molar-refractivity contribution in [2.75, 3.05) is 0 Å². The van der Waals surface area contributed by atoms with Gasteiger partial charge >= 0.3 is 0 Å². The molecule has 0 aromatic carbocycles. The SMILES string of the molecule is CCCCCCCCCCCCC(CCCCCCCCC)CCC[C+]1N=CC=N1. The molecular weight excluding hydrogens is 364 g/mol. The van der Waals surface area contributed by atoms with Crippen molar-refractivity contribution in [2.24, 2.45) is 15.9 Å². The summed E-state index contributed by atoms with van der Waals surface area (Å²) < 4.78 is 0. The fourth-order valence-corrected chi connectivity index (χ4v) is 4.69. The fraction of sp³-hybridized carbons (Fsp3) is 0.893. The molecule has 1 atom stereocenters. The number of rotatable bonds is 23. The van der Waals surface area contributed by atoms with Crippen LogP contribution in [0.5, 0.6) is 0 Å². The predicted molar refractivity (Wildman–Crippen MR) is 137 cm³/mol. The molecule has 2 nitrogen and oxygen atoms in total. The quantitative estimate of drug-likeness (QED) is 0.117. The Labute approximate surface area is 189 Å². The van der Waals surface area contributed by atoms with E-state index < -0.39 is 0 Å². The maximum Gasteiger partial charge on any atom is 0.240 e. The summed E-state index contributed by atoms with van der Waals surface area (Å²) in [6.45, 7) is 4.61. The summed E-state index contributed by atoms with van der Waals surface area (Å²) in [4.78, 5) is 8.68. The lowest BCUT2D eigenvalue weighted by molar-refractivity contribution is 0.369. The topological polar surface area (TPSA) is 24.7 Å². The van der Waals surface area contributed by atoms with Crippen molar-refractivity contribution in [3.8, 4) is 0 Å². The van der Waals surface area contributed by atoms with E-state index in [4.69, 9.17) is 0 Å². The number of unbranched alkanes of at least 4 members (excludes halogenated alkanes) is 15. The average Bonchev–Trinajstić information content (AvgIpc) is 3.27. The maximum absolute atomic E-state index is 4.34. The zero-order valence-electron chi connectivity index (χ0n) is 20.7. The highest BCUT2D eigenvalue weighted by atomic mass is 15.0. The third-order valence-corrected chi connectivity index (χ3v) is 6.71. The van der Waals surface area contributed by atoms with Gasteiger partial charge in [-0.1, -0.05) is 146 Å². The molecule has 0 saturated carbocycles. The lowest BCUT2D eigenvalue weighted by atomic mass is 9.89. The summed E-state index contributed by atoms with van der Waals surface area (Å²) in [5.41, 5.74) is 0. The van der Waals surface area contributed by atoms with Crippen LogP contribution in [0.15, 0.2) is 9.98 Å².